The number of hydrogen-bond donors (Lipinski definition) is 0. The van der Waals surface area contributed by atoms with E-state index in [1.807, 2.05) is 0 Å². The topological polar surface area (TPSA) is 92.2 Å². The molecule has 0 N–H and O–H groups in total. The van der Waals surface area contributed by atoms with Crippen LogP contribution in [0, 0.1) is 0 Å². The maximum Gasteiger partial charge on any atom is 0.328 e. The standard InChI is InChI=1S/C13H11BrN6O2S/c14-11-18-17-9(23-11)7-20-12(22)19(10(21)13(20)2-3-13)6-8-15-4-1-5-16-8/h1,4-5H,2-3,6-7H2. The fourth-order valence-electron chi connectivity index (χ4n) is 2.73. The molecule has 2 aromatic heterocycles. The summed E-state index contributed by atoms with van der Waals surface area (Å²) in [6.07, 6.45) is 4.56. The van der Waals surface area contributed by atoms with E-state index in [0.717, 1.165) is 0 Å². The highest BCUT2D eigenvalue weighted by Gasteiger charge is 2.64. The first-order valence-electron chi connectivity index (χ1n) is 6.97. The van der Waals surface area contributed by atoms with Crippen molar-refractivity contribution in [2.75, 3.05) is 0 Å². The second-order valence-electron chi connectivity index (χ2n) is 5.41. The summed E-state index contributed by atoms with van der Waals surface area (Å²) in [4.78, 5) is 36.4. The van der Waals surface area contributed by atoms with E-state index in [1.54, 1.807) is 23.4 Å². The van der Waals surface area contributed by atoms with Crippen LogP contribution >= 0.6 is 27.3 Å². The van der Waals surface area contributed by atoms with E-state index >= 15 is 0 Å². The Bertz CT molecular complexity index is 778. The highest BCUT2D eigenvalue weighted by molar-refractivity contribution is 9.11. The molecule has 2 aromatic rings. The van der Waals surface area contributed by atoms with Crippen LogP contribution < -0.4 is 0 Å². The van der Waals surface area contributed by atoms with Crippen LogP contribution in [0.4, 0.5) is 4.79 Å². The second kappa shape index (κ2) is 5.31. The van der Waals surface area contributed by atoms with Crippen molar-refractivity contribution in [3.63, 3.8) is 0 Å². The van der Waals surface area contributed by atoms with Gasteiger partial charge in [0.05, 0.1) is 13.1 Å². The lowest BCUT2D eigenvalue weighted by Crippen LogP contribution is -2.36. The average Bonchev–Trinajstić information content (AvgIpc) is 3.22. The fraction of sp³-hybridized carbons (Fsp3) is 0.385. The molecule has 23 heavy (non-hydrogen) atoms. The Morgan fingerprint density at radius 2 is 1.91 bits per heavy atom. The van der Waals surface area contributed by atoms with Crippen molar-refractivity contribution in [2.24, 2.45) is 0 Å². The van der Waals surface area contributed by atoms with Gasteiger partial charge in [0.25, 0.3) is 5.91 Å². The van der Waals surface area contributed by atoms with Crippen LogP contribution in [0.2, 0.25) is 0 Å². The predicted octanol–water partition coefficient (Wildman–Crippen LogP) is 1.59. The number of hydrogen-bond acceptors (Lipinski definition) is 7. The molecule has 3 heterocycles. The van der Waals surface area contributed by atoms with E-state index in [1.165, 1.54) is 16.2 Å². The van der Waals surface area contributed by atoms with Crippen molar-refractivity contribution in [1.29, 1.82) is 0 Å². The van der Waals surface area contributed by atoms with E-state index in [0.29, 0.717) is 34.1 Å². The number of amides is 3. The van der Waals surface area contributed by atoms with Crippen molar-refractivity contribution in [3.8, 4) is 0 Å². The Morgan fingerprint density at radius 3 is 2.52 bits per heavy atom. The minimum absolute atomic E-state index is 0.0938. The van der Waals surface area contributed by atoms with Crippen molar-refractivity contribution < 1.29 is 9.59 Å². The number of urea groups is 1. The van der Waals surface area contributed by atoms with Gasteiger partial charge in [0.2, 0.25) is 0 Å². The maximum absolute atomic E-state index is 12.7. The van der Waals surface area contributed by atoms with Crippen molar-refractivity contribution in [2.45, 2.75) is 31.5 Å². The van der Waals surface area contributed by atoms with E-state index in [9.17, 15) is 9.59 Å². The van der Waals surface area contributed by atoms with Gasteiger partial charge in [-0.1, -0.05) is 11.3 Å². The molecule has 3 amide bonds. The molecule has 0 atom stereocenters. The van der Waals surface area contributed by atoms with Gasteiger partial charge in [-0.2, -0.15) is 0 Å². The molecule has 4 rings (SSSR count). The fourth-order valence-corrected chi connectivity index (χ4v) is 3.92. The maximum atomic E-state index is 12.7. The van der Waals surface area contributed by atoms with Crippen LogP contribution in [0.5, 0.6) is 0 Å². The Labute approximate surface area is 143 Å². The summed E-state index contributed by atoms with van der Waals surface area (Å²) in [7, 11) is 0. The van der Waals surface area contributed by atoms with Crippen molar-refractivity contribution in [3.05, 3.63) is 33.2 Å². The predicted molar refractivity (Wildman–Crippen MR) is 83.1 cm³/mol. The molecule has 8 nitrogen and oxygen atoms in total. The highest BCUT2D eigenvalue weighted by atomic mass is 79.9. The first-order valence-corrected chi connectivity index (χ1v) is 8.58. The lowest BCUT2D eigenvalue weighted by atomic mass is 10.2. The molecule has 118 valence electrons. The minimum Gasteiger partial charge on any atom is -0.303 e. The summed E-state index contributed by atoms with van der Waals surface area (Å²) in [5.74, 6) is 0.282. The third-order valence-corrected chi connectivity index (χ3v) is 5.34. The smallest absolute Gasteiger partial charge is 0.303 e. The van der Waals surface area contributed by atoms with E-state index in [2.05, 4.69) is 36.1 Å². The van der Waals surface area contributed by atoms with Gasteiger partial charge >= 0.3 is 6.03 Å². The van der Waals surface area contributed by atoms with Crippen molar-refractivity contribution in [1.82, 2.24) is 30.0 Å². The zero-order chi connectivity index (χ0) is 16.0. The largest absolute Gasteiger partial charge is 0.328 e. The summed E-state index contributed by atoms with van der Waals surface area (Å²) in [5.41, 5.74) is -0.704. The van der Waals surface area contributed by atoms with Crippen LogP contribution in [0.1, 0.15) is 23.7 Å². The Balaban J connectivity index is 1.59. The Morgan fingerprint density at radius 1 is 1.17 bits per heavy atom. The third kappa shape index (κ3) is 2.41. The van der Waals surface area contributed by atoms with Crippen molar-refractivity contribution >= 4 is 39.2 Å². The normalized spacial score (nSPS) is 19.0. The first kappa shape index (κ1) is 14.6. The molecule has 0 aromatic carbocycles. The number of imide groups is 1. The number of halogens is 1. The molecule has 1 aliphatic carbocycles. The number of carbonyl (C=O) groups is 2. The van der Waals surface area contributed by atoms with E-state index in [4.69, 9.17) is 0 Å². The molecule has 1 aliphatic heterocycles. The lowest BCUT2D eigenvalue weighted by molar-refractivity contribution is -0.129. The Kier molecular flexibility index (Phi) is 3.38. The molecular formula is C13H11BrN6O2S. The molecule has 1 saturated heterocycles. The minimum atomic E-state index is -0.704. The van der Waals surface area contributed by atoms with E-state index < -0.39 is 5.54 Å². The van der Waals surface area contributed by atoms with Gasteiger partial charge in [-0.3, -0.25) is 9.69 Å². The van der Waals surface area contributed by atoms with Crippen LogP contribution in [-0.2, 0) is 17.9 Å². The van der Waals surface area contributed by atoms with Gasteiger partial charge < -0.3 is 4.90 Å². The van der Waals surface area contributed by atoms with Crippen LogP contribution in [0.3, 0.4) is 0 Å². The average molecular weight is 395 g/mol. The third-order valence-electron chi connectivity index (χ3n) is 4.00. The molecular weight excluding hydrogens is 384 g/mol. The van der Waals surface area contributed by atoms with Gasteiger partial charge in [0.1, 0.15) is 16.4 Å². The van der Waals surface area contributed by atoms with Crippen LogP contribution in [-0.4, -0.2) is 47.4 Å². The van der Waals surface area contributed by atoms with E-state index in [-0.39, 0.29) is 18.5 Å². The molecule has 0 bridgehead atoms. The number of carbonyl (C=O) groups excluding carboxylic acids is 2. The van der Waals surface area contributed by atoms with Gasteiger partial charge in [-0.15, -0.1) is 10.2 Å². The van der Waals surface area contributed by atoms with Gasteiger partial charge in [0.15, 0.2) is 3.92 Å². The summed E-state index contributed by atoms with van der Waals surface area (Å²) in [5, 5.41) is 8.60. The zero-order valence-corrected chi connectivity index (χ0v) is 14.2. The summed E-state index contributed by atoms with van der Waals surface area (Å²) >= 11 is 4.61. The monoisotopic (exact) mass is 394 g/mol. The van der Waals surface area contributed by atoms with Gasteiger partial charge in [-0.05, 0) is 34.8 Å². The SMILES string of the molecule is O=C1N(Cc2ncccn2)C(=O)C2(CC2)N1Cc1nnc(Br)s1. The summed E-state index contributed by atoms with van der Waals surface area (Å²) in [6.45, 7) is 0.385. The lowest BCUT2D eigenvalue weighted by Gasteiger charge is -2.19. The molecule has 0 unspecified atom stereocenters. The molecule has 10 heteroatoms. The zero-order valence-electron chi connectivity index (χ0n) is 11.8. The second-order valence-corrected chi connectivity index (χ2v) is 7.74. The Hall–Kier alpha value is -1.94. The summed E-state index contributed by atoms with van der Waals surface area (Å²) in [6, 6.07) is 1.38. The number of nitrogens with zero attached hydrogens (tertiary/aromatic N) is 6. The number of rotatable bonds is 4. The quantitative estimate of drug-likeness (QED) is 0.731. The summed E-state index contributed by atoms with van der Waals surface area (Å²) < 4.78 is 0.657. The van der Waals surface area contributed by atoms with Crippen LogP contribution in [0.25, 0.3) is 0 Å². The molecule has 2 aliphatic rings. The van der Waals surface area contributed by atoms with Gasteiger partial charge in [-0.25, -0.2) is 14.8 Å². The van der Waals surface area contributed by atoms with Crippen LogP contribution in [0.15, 0.2) is 22.4 Å². The number of aromatic nitrogens is 4. The highest BCUT2D eigenvalue weighted by Crippen LogP contribution is 2.49. The van der Waals surface area contributed by atoms with Gasteiger partial charge in [0, 0.05) is 12.4 Å². The molecule has 1 saturated carbocycles. The molecule has 2 fully saturated rings. The molecule has 0 radical (unpaired) electrons. The molecule has 1 spiro atoms. The first-order chi connectivity index (χ1) is 11.1.